The predicted molar refractivity (Wildman–Crippen MR) is 128 cm³/mol. The molecule has 2 atom stereocenters. The molecule has 0 N–H and O–H groups in total. The number of para-hydroxylation sites is 4. The Morgan fingerprint density at radius 2 is 1.06 bits per heavy atom. The highest BCUT2D eigenvalue weighted by atomic mass is 15.2. The van der Waals surface area contributed by atoms with Crippen molar-refractivity contribution in [1.82, 2.24) is 29.7 Å². The van der Waals surface area contributed by atoms with Crippen LogP contribution < -0.4 is 0 Å². The fourth-order valence-electron chi connectivity index (χ4n) is 5.01. The summed E-state index contributed by atoms with van der Waals surface area (Å²) < 4.78 is 0. The summed E-state index contributed by atoms with van der Waals surface area (Å²) in [5.74, 6) is 0. The molecule has 2 aromatic heterocycles. The van der Waals surface area contributed by atoms with E-state index in [0.29, 0.717) is 12.1 Å². The van der Waals surface area contributed by atoms with E-state index in [0.717, 1.165) is 46.5 Å². The Morgan fingerprint density at radius 3 is 1.50 bits per heavy atom. The summed E-state index contributed by atoms with van der Waals surface area (Å²) in [5.41, 5.74) is 5.88. The number of rotatable bonds is 6. The lowest BCUT2D eigenvalue weighted by Gasteiger charge is -2.42. The second-order valence-electron chi connectivity index (χ2n) is 8.95. The smallest absolute Gasteiger partial charge is 0.0890 e. The molecular weight excluding hydrogens is 396 g/mol. The van der Waals surface area contributed by atoms with Crippen molar-refractivity contribution >= 4 is 22.1 Å². The number of hydrogen-bond donors (Lipinski definition) is 0. The number of benzene rings is 2. The van der Waals surface area contributed by atoms with Gasteiger partial charge in [0.25, 0.3) is 0 Å². The van der Waals surface area contributed by atoms with Crippen molar-refractivity contribution in [2.45, 2.75) is 50.9 Å². The Hall–Kier alpha value is -2.96. The van der Waals surface area contributed by atoms with E-state index in [-0.39, 0.29) is 0 Å². The fraction of sp³-hybridized carbons (Fsp3) is 0.385. The highest BCUT2D eigenvalue weighted by molar-refractivity contribution is 5.74. The summed E-state index contributed by atoms with van der Waals surface area (Å²) in [4.78, 5) is 23.8. The van der Waals surface area contributed by atoms with Crippen molar-refractivity contribution in [3.8, 4) is 0 Å². The molecule has 0 amide bonds. The largest absolute Gasteiger partial charge is 0.296 e. The normalized spacial score (nSPS) is 19.2. The van der Waals surface area contributed by atoms with Crippen molar-refractivity contribution < 1.29 is 0 Å². The van der Waals surface area contributed by atoms with Crippen LogP contribution in [0, 0.1) is 0 Å². The minimum absolute atomic E-state index is 0.482. The molecule has 1 aliphatic rings. The third kappa shape index (κ3) is 4.47. The molecule has 6 nitrogen and oxygen atoms in total. The van der Waals surface area contributed by atoms with Gasteiger partial charge in [0.15, 0.2) is 0 Å². The van der Waals surface area contributed by atoms with Crippen molar-refractivity contribution in [2.75, 3.05) is 14.1 Å². The Morgan fingerprint density at radius 1 is 0.656 bits per heavy atom. The molecule has 0 spiro atoms. The molecule has 1 fully saturated rings. The lowest BCUT2D eigenvalue weighted by atomic mass is 9.88. The molecule has 0 radical (unpaired) electrons. The van der Waals surface area contributed by atoms with E-state index in [1.807, 2.05) is 60.9 Å². The Balaban J connectivity index is 1.30. The van der Waals surface area contributed by atoms with Gasteiger partial charge in [-0.1, -0.05) is 37.1 Å². The monoisotopic (exact) mass is 426 g/mol. The summed E-state index contributed by atoms with van der Waals surface area (Å²) in [6.07, 6.45) is 8.80. The first-order valence-corrected chi connectivity index (χ1v) is 11.5. The zero-order valence-electron chi connectivity index (χ0n) is 18.9. The average molecular weight is 427 g/mol. The minimum atomic E-state index is 0.482. The van der Waals surface area contributed by atoms with Crippen LogP contribution >= 0.6 is 0 Å². The van der Waals surface area contributed by atoms with Crippen LogP contribution in [0.5, 0.6) is 0 Å². The molecule has 32 heavy (non-hydrogen) atoms. The van der Waals surface area contributed by atoms with Gasteiger partial charge in [0.2, 0.25) is 0 Å². The van der Waals surface area contributed by atoms with Gasteiger partial charge in [0.1, 0.15) is 0 Å². The third-order valence-electron chi connectivity index (χ3n) is 6.65. The van der Waals surface area contributed by atoms with Crippen molar-refractivity contribution in [3.05, 3.63) is 72.3 Å². The summed E-state index contributed by atoms with van der Waals surface area (Å²) in [6, 6.07) is 17.1. The highest BCUT2D eigenvalue weighted by Gasteiger charge is 2.31. The van der Waals surface area contributed by atoms with Crippen molar-refractivity contribution in [2.24, 2.45) is 0 Å². The van der Waals surface area contributed by atoms with Gasteiger partial charge in [-0.05, 0) is 51.2 Å². The molecular formula is C26H30N6. The molecule has 2 heterocycles. The van der Waals surface area contributed by atoms with Crippen LogP contribution in [0.15, 0.2) is 60.9 Å². The van der Waals surface area contributed by atoms with Gasteiger partial charge in [0.05, 0.1) is 45.8 Å². The van der Waals surface area contributed by atoms with Crippen LogP contribution in [0.25, 0.3) is 22.1 Å². The summed E-state index contributed by atoms with van der Waals surface area (Å²) >= 11 is 0. The van der Waals surface area contributed by atoms with Gasteiger partial charge in [-0.25, -0.2) is 9.97 Å². The molecule has 0 aliphatic heterocycles. The zero-order chi connectivity index (χ0) is 21.9. The number of nitrogens with zero attached hydrogens (tertiary/aromatic N) is 6. The average Bonchev–Trinajstić information content (AvgIpc) is 2.84. The fourth-order valence-corrected chi connectivity index (χ4v) is 5.01. The third-order valence-corrected chi connectivity index (χ3v) is 6.65. The molecule has 5 rings (SSSR count). The van der Waals surface area contributed by atoms with E-state index >= 15 is 0 Å². The first-order valence-electron chi connectivity index (χ1n) is 11.5. The van der Waals surface area contributed by atoms with Crippen LogP contribution in [0.1, 0.15) is 37.1 Å². The molecule has 4 aromatic rings. The SMILES string of the molecule is CN(Cc1cnc2ccccc2n1)[C@@H]1CCCC[C@H]1N(C)Cc1cnc2ccccc2n1. The van der Waals surface area contributed by atoms with Crippen LogP contribution in [-0.4, -0.2) is 55.9 Å². The second-order valence-corrected chi connectivity index (χ2v) is 8.95. The van der Waals surface area contributed by atoms with E-state index in [1.54, 1.807) is 0 Å². The summed E-state index contributed by atoms with van der Waals surface area (Å²) in [5, 5.41) is 0. The van der Waals surface area contributed by atoms with Crippen molar-refractivity contribution in [1.29, 1.82) is 0 Å². The molecule has 2 aromatic carbocycles. The molecule has 0 saturated heterocycles. The van der Waals surface area contributed by atoms with Crippen molar-refractivity contribution in [3.63, 3.8) is 0 Å². The number of fused-ring (bicyclic) bond motifs is 2. The Bertz CT molecular complexity index is 1110. The number of hydrogen-bond acceptors (Lipinski definition) is 6. The van der Waals surface area contributed by atoms with Gasteiger partial charge in [-0.2, -0.15) is 0 Å². The molecule has 164 valence electrons. The number of aromatic nitrogens is 4. The Labute approximate surface area is 189 Å². The van der Waals surface area contributed by atoms with Gasteiger partial charge in [0, 0.05) is 25.2 Å². The maximum Gasteiger partial charge on any atom is 0.0890 e. The van der Waals surface area contributed by atoms with Crippen LogP contribution in [0.4, 0.5) is 0 Å². The first kappa shape index (κ1) is 20.9. The second kappa shape index (κ2) is 9.27. The summed E-state index contributed by atoms with van der Waals surface area (Å²) in [7, 11) is 4.45. The van der Waals surface area contributed by atoms with Crippen LogP contribution in [0.2, 0.25) is 0 Å². The predicted octanol–water partition coefficient (Wildman–Crippen LogP) is 4.45. The van der Waals surface area contributed by atoms with Crippen LogP contribution in [-0.2, 0) is 13.1 Å². The quantitative estimate of drug-likeness (QED) is 0.454. The van der Waals surface area contributed by atoms with E-state index in [2.05, 4.69) is 33.9 Å². The van der Waals surface area contributed by atoms with Crippen LogP contribution in [0.3, 0.4) is 0 Å². The van der Waals surface area contributed by atoms with E-state index in [9.17, 15) is 0 Å². The van der Waals surface area contributed by atoms with Gasteiger partial charge < -0.3 is 0 Å². The Kier molecular flexibility index (Phi) is 6.06. The van der Waals surface area contributed by atoms with E-state index < -0.39 is 0 Å². The molecule has 0 bridgehead atoms. The topological polar surface area (TPSA) is 58.0 Å². The van der Waals surface area contributed by atoms with Gasteiger partial charge in [-0.15, -0.1) is 0 Å². The zero-order valence-corrected chi connectivity index (χ0v) is 18.9. The van der Waals surface area contributed by atoms with Gasteiger partial charge >= 0.3 is 0 Å². The maximum atomic E-state index is 4.84. The number of likely N-dealkylation sites (N-methyl/N-ethyl adjacent to an activating group) is 2. The molecule has 1 aliphatic carbocycles. The molecule has 6 heteroatoms. The standard InChI is InChI=1S/C26H30N6/c1-31(17-19-15-27-21-9-3-5-11-23(21)29-19)25-13-7-8-14-26(25)32(2)18-20-16-28-22-10-4-6-12-24(22)30-20/h3-6,9-12,15-16,25-26H,7-8,13-14,17-18H2,1-2H3/t25-,26-/m1/s1. The summed E-state index contributed by atoms with van der Waals surface area (Å²) in [6.45, 7) is 1.62. The van der Waals surface area contributed by atoms with Gasteiger partial charge in [-0.3, -0.25) is 19.8 Å². The van der Waals surface area contributed by atoms with E-state index in [4.69, 9.17) is 9.97 Å². The minimum Gasteiger partial charge on any atom is -0.296 e. The van der Waals surface area contributed by atoms with E-state index in [1.165, 1.54) is 25.7 Å². The first-order chi connectivity index (χ1) is 15.7. The highest BCUT2D eigenvalue weighted by Crippen LogP contribution is 2.28. The maximum absolute atomic E-state index is 4.84. The molecule has 1 saturated carbocycles. The lowest BCUT2D eigenvalue weighted by molar-refractivity contribution is 0.0680. The molecule has 0 unspecified atom stereocenters. The lowest BCUT2D eigenvalue weighted by Crippen LogP contribution is -2.50.